The second-order valence-electron chi connectivity index (χ2n) is 6.15. The highest BCUT2D eigenvalue weighted by atomic mass is 16.6. The van der Waals surface area contributed by atoms with E-state index in [4.69, 9.17) is 4.74 Å². The van der Waals surface area contributed by atoms with Crippen LogP contribution in [-0.2, 0) is 16.1 Å². The van der Waals surface area contributed by atoms with Crippen molar-refractivity contribution in [1.29, 1.82) is 0 Å². The van der Waals surface area contributed by atoms with E-state index >= 15 is 0 Å². The summed E-state index contributed by atoms with van der Waals surface area (Å²) in [7, 11) is 0. The quantitative estimate of drug-likeness (QED) is 0.478. The van der Waals surface area contributed by atoms with Crippen molar-refractivity contribution in [2.45, 2.75) is 18.8 Å². The van der Waals surface area contributed by atoms with Gasteiger partial charge in [0.25, 0.3) is 11.6 Å². The number of amides is 3. The van der Waals surface area contributed by atoms with E-state index in [1.54, 1.807) is 12.1 Å². The molecule has 132 valence electrons. The van der Waals surface area contributed by atoms with Gasteiger partial charge in [-0.15, -0.1) is 0 Å². The van der Waals surface area contributed by atoms with Gasteiger partial charge in [0, 0.05) is 17.7 Å². The van der Waals surface area contributed by atoms with Crippen LogP contribution in [0.3, 0.4) is 0 Å². The Bertz CT molecular complexity index is 868. The fourth-order valence-corrected chi connectivity index (χ4v) is 3.27. The summed E-state index contributed by atoms with van der Waals surface area (Å²) in [5.74, 6) is -0.313. The molecular formula is C18H15N3O5. The lowest BCUT2D eigenvalue weighted by atomic mass is 10.2. The summed E-state index contributed by atoms with van der Waals surface area (Å²) in [6, 6.07) is 14.0. The fourth-order valence-electron chi connectivity index (χ4n) is 3.27. The highest BCUT2D eigenvalue weighted by Crippen LogP contribution is 2.36. The van der Waals surface area contributed by atoms with E-state index in [0.29, 0.717) is 5.56 Å². The molecule has 0 aromatic heterocycles. The van der Waals surface area contributed by atoms with E-state index in [0.717, 1.165) is 5.56 Å². The molecule has 8 heteroatoms. The molecule has 0 aliphatic carbocycles. The normalized spacial score (nSPS) is 22.0. The lowest BCUT2D eigenvalue weighted by Crippen LogP contribution is -2.34. The van der Waals surface area contributed by atoms with Crippen molar-refractivity contribution in [3.05, 3.63) is 75.8 Å². The highest BCUT2D eigenvalue weighted by Gasteiger charge is 2.52. The molecule has 2 aliphatic heterocycles. The van der Waals surface area contributed by atoms with Crippen LogP contribution in [0.15, 0.2) is 54.6 Å². The summed E-state index contributed by atoms with van der Waals surface area (Å²) in [5.41, 5.74) is 1.43. The molecule has 4 rings (SSSR count). The molecule has 3 amide bonds. The Kier molecular flexibility index (Phi) is 3.89. The fraction of sp³-hybridized carbons (Fsp3) is 0.222. The number of benzene rings is 2. The zero-order valence-corrected chi connectivity index (χ0v) is 13.6. The number of rotatable bonds is 4. The van der Waals surface area contributed by atoms with Gasteiger partial charge in [-0.3, -0.25) is 24.7 Å². The van der Waals surface area contributed by atoms with Gasteiger partial charge in [0.2, 0.25) is 0 Å². The van der Waals surface area contributed by atoms with E-state index in [1.807, 2.05) is 30.3 Å². The summed E-state index contributed by atoms with van der Waals surface area (Å²) >= 11 is 0. The topological polar surface area (TPSA) is 93.0 Å². The van der Waals surface area contributed by atoms with E-state index in [2.05, 4.69) is 0 Å². The molecule has 0 radical (unpaired) electrons. The SMILES string of the molecule is O=C1[C@H]2COC(c3ccccc3)N2C(=O)N1Cc1ccc([N+](=O)[O-])cc1. The number of carbonyl (C=O) groups is 2. The standard InChI is InChI=1S/C18H15N3O5/c22-16-15-11-26-17(13-4-2-1-3-5-13)20(15)18(23)19(16)10-12-6-8-14(9-7-12)21(24)25/h1-9,15,17H,10-11H2/t15-,17?/m1/s1. The number of urea groups is 1. The van der Waals surface area contributed by atoms with Crippen LogP contribution in [0, 0.1) is 10.1 Å². The number of imide groups is 1. The van der Waals surface area contributed by atoms with Crippen molar-refractivity contribution >= 4 is 17.6 Å². The number of hydrogen-bond donors (Lipinski definition) is 0. The first kappa shape index (κ1) is 16.2. The molecule has 8 nitrogen and oxygen atoms in total. The number of nitro groups is 1. The Labute approximate surface area is 148 Å². The van der Waals surface area contributed by atoms with E-state index in [1.165, 1.54) is 21.9 Å². The number of fused-ring (bicyclic) bond motifs is 1. The molecule has 2 atom stereocenters. The van der Waals surface area contributed by atoms with Crippen molar-refractivity contribution in [3.63, 3.8) is 0 Å². The molecule has 1 unspecified atom stereocenters. The number of hydrogen-bond acceptors (Lipinski definition) is 5. The van der Waals surface area contributed by atoms with E-state index < -0.39 is 23.2 Å². The minimum atomic E-state index is -0.634. The molecule has 2 heterocycles. The molecule has 0 spiro atoms. The third-order valence-corrected chi connectivity index (χ3v) is 4.58. The largest absolute Gasteiger partial charge is 0.351 e. The summed E-state index contributed by atoms with van der Waals surface area (Å²) in [5, 5.41) is 10.7. The second kappa shape index (κ2) is 6.23. The maximum Gasteiger partial charge on any atom is 0.330 e. The number of non-ortho nitro benzene ring substituents is 1. The monoisotopic (exact) mass is 353 g/mol. The summed E-state index contributed by atoms with van der Waals surface area (Å²) in [6.45, 7) is 0.227. The summed E-state index contributed by atoms with van der Waals surface area (Å²) < 4.78 is 5.67. The van der Waals surface area contributed by atoms with Crippen LogP contribution in [0.25, 0.3) is 0 Å². The first-order chi connectivity index (χ1) is 12.6. The van der Waals surface area contributed by atoms with Crippen molar-refractivity contribution in [1.82, 2.24) is 9.80 Å². The van der Waals surface area contributed by atoms with Gasteiger partial charge in [-0.1, -0.05) is 42.5 Å². The zero-order valence-electron chi connectivity index (χ0n) is 13.6. The van der Waals surface area contributed by atoms with Gasteiger partial charge in [-0.2, -0.15) is 0 Å². The van der Waals surface area contributed by atoms with Gasteiger partial charge < -0.3 is 4.74 Å². The Morgan fingerprint density at radius 3 is 2.42 bits per heavy atom. The number of carbonyl (C=O) groups excluding carboxylic acids is 2. The summed E-state index contributed by atoms with van der Waals surface area (Å²) in [6.07, 6.45) is -0.584. The number of nitrogens with zero attached hydrogens (tertiary/aromatic N) is 3. The lowest BCUT2D eigenvalue weighted by Gasteiger charge is -2.22. The van der Waals surface area contributed by atoms with Crippen molar-refractivity contribution < 1.29 is 19.2 Å². The first-order valence-corrected chi connectivity index (χ1v) is 8.10. The van der Waals surface area contributed by atoms with Gasteiger partial charge >= 0.3 is 6.03 Å². The van der Waals surface area contributed by atoms with Gasteiger partial charge in [-0.05, 0) is 5.56 Å². The van der Waals surface area contributed by atoms with Crippen LogP contribution in [0.1, 0.15) is 17.4 Å². The van der Waals surface area contributed by atoms with Crippen LogP contribution in [0.2, 0.25) is 0 Å². The third-order valence-electron chi connectivity index (χ3n) is 4.58. The highest BCUT2D eigenvalue weighted by molar-refractivity contribution is 6.04. The molecule has 2 aromatic rings. The third kappa shape index (κ3) is 2.60. The zero-order chi connectivity index (χ0) is 18.3. The van der Waals surface area contributed by atoms with Crippen LogP contribution in [-0.4, -0.2) is 39.3 Å². The predicted molar refractivity (Wildman–Crippen MR) is 89.8 cm³/mol. The van der Waals surface area contributed by atoms with Gasteiger partial charge in [0.1, 0.15) is 6.04 Å². The van der Waals surface area contributed by atoms with Crippen molar-refractivity contribution in [3.8, 4) is 0 Å². The molecule has 0 saturated carbocycles. The number of ether oxygens (including phenoxy) is 1. The second-order valence-corrected chi connectivity index (χ2v) is 6.15. The van der Waals surface area contributed by atoms with E-state index in [9.17, 15) is 19.7 Å². The Balaban J connectivity index is 1.55. The Hall–Kier alpha value is -3.26. The Morgan fingerprint density at radius 1 is 1.08 bits per heavy atom. The van der Waals surface area contributed by atoms with Crippen LogP contribution >= 0.6 is 0 Å². The predicted octanol–water partition coefficient (Wildman–Crippen LogP) is 2.46. The van der Waals surface area contributed by atoms with Crippen LogP contribution in [0.4, 0.5) is 10.5 Å². The lowest BCUT2D eigenvalue weighted by molar-refractivity contribution is -0.384. The van der Waals surface area contributed by atoms with Crippen LogP contribution in [0.5, 0.6) is 0 Å². The number of nitro benzene ring substituents is 1. The van der Waals surface area contributed by atoms with Crippen molar-refractivity contribution in [2.24, 2.45) is 0 Å². The first-order valence-electron chi connectivity index (χ1n) is 8.10. The molecule has 2 fully saturated rings. The molecule has 0 bridgehead atoms. The minimum absolute atomic E-state index is 0.0361. The molecular weight excluding hydrogens is 338 g/mol. The molecule has 26 heavy (non-hydrogen) atoms. The molecule has 2 saturated heterocycles. The average Bonchev–Trinajstić information content (AvgIpc) is 3.19. The molecule has 2 aromatic carbocycles. The Morgan fingerprint density at radius 2 is 1.77 bits per heavy atom. The van der Waals surface area contributed by atoms with Crippen molar-refractivity contribution in [2.75, 3.05) is 6.61 Å². The van der Waals surface area contributed by atoms with Crippen LogP contribution < -0.4 is 0 Å². The van der Waals surface area contributed by atoms with E-state index in [-0.39, 0.29) is 24.7 Å². The van der Waals surface area contributed by atoms with Gasteiger partial charge in [-0.25, -0.2) is 4.79 Å². The maximum atomic E-state index is 12.8. The van der Waals surface area contributed by atoms with Gasteiger partial charge in [0.15, 0.2) is 6.23 Å². The molecule has 2 aliphatic rings. The average molecular weight is 353 g/mol. The maximum absolute atomic E-state index is 12.8. The smallest absolute Gasteiger partial charge is 0.330 e. The summed E-state index contributed by atoms with van der Waals surface area (Å²) in [4.78, 5) is 38.3. The molecule has 0 N–H and O–H groups in total. The van der Waals surface area contributed by atoms with Gasteiger partial charge in [0.05, 0.1) is 18.1 Å². The minimum Gasteiger partial charge on any atom is -0.351 e.